The number of aryl methyl sites for hydroxylation is 1. The zero-order valence-electron chi connectivity index (χ0n) is 20.6. The maximum Gasteiger partial charge on any atom is 0.242 e. The molecule has 5 heteroatoms. The highest BCUT2D eigenvalue weighted by atomic mass is 16.2. The number of hydrogen-bond acceptors (Lipinski definition) is 2. The number of nitrogens with zero attached hydrogens (tertiary/aromatic N) is 3. The number of aromatic nitrogens is 1. The average Bonchev–Trinajstić information content (AvgIpc) is 3.20. The molecule has 32 heavy (non-hydrogen) atoms. The Morgan fingerprint density at radius 2 is 1.81 bits per heavy atom. The van der Waals surface area contributed by atoms with Gasteiger partial charge in [0.1, 0.15) is 0 Å². The van der Waals surface area contributed by atoms with Crippen LogP contribution in [0.5, 0.6) is 0 Å². The molecule has 1 heterocycles. The fourth-order valence-electron chi connectivity index (χ4n) is 3.90. The number of carbonyl (C=O) groups excluding carboxylic acids is 2. The van der Waals surface area contributed by atoms with Crippen LogP contribution in [-0.4, -0.2) is 45.3 Å². The predicted molar refractivity (Wildman–Crippen MR) is 131 cm³/mol. The summed E-state index contributed by atoms with van der Waals surface area (Å²) in [6.45, 7) is 12.6. The normalized spacial score (nSPS) is 11.9. The molecule has 0 bridgehead atoms. The van der Waals surface area contributed by atoms with Crippen molar-refractivity contribution in [3.63, 3.8) is 0 Å². The van der Waals surface area contributed by atoms with Gasteiger partial charge in [0.25, 0.3) is 0 Å². The molecule has 0 unspecified atom stereocenters. The minimum absolute atomic E-state index is 0.0338. The van der Waals surface area contributed by atoms with Crippen molar-refractivity contribution >= 4 is 11.8 Å². The van der Waals surface area contributed by atoms with Gasteiger partial charge < -0.3 is 14.4 Å². The number of benzene rings is 1. The van der Waals surface area contributed by atoms with E-state index in [2.05, 4.69) is 61.9 Å². The van der Waals surface area contributed by atoms with Crippen LogP contribution in [0.25, 0.3) is 0 Å². The maximum atomic E-state index is 13.4. The van der Waals surface area contributed by atoms with E-state index in [1.54, 1.807) is 4.90 Å². The fraction of sp³-hybridized carbons (Fsp3) is 0.556. The van der Waals surface area contributed by atoms with Crippen molar-refractivity contribution in [1.82, 2.24) is 14.4 Å². The van der Waals surface area contributed by atoms with Crippen molar-refractivity contribution in [3.8, 4) is 0 Å². The van der Waals surface area contributed by atoms with Crippen molar-refractivity contribution in [2.24, 2.45) is 0 Å². The monoisotopic (exact) mass is 439 g/mol. The SMILES string of the molecule is CCCCN(Cc1cccn1Cc1cccc(C)c1)C(=O)CN(C(=O)CCC)[C@@H](C)CC. The van der Waals surface area contributed by atoms with Crippen molar-refractivity contribution in [3.05, 3.63) is 59.4 Å². The lowest BCUT2D eigenvalue weighted by molar-refractivity contribution is -0.142. The first-order valence-electron chi connectivity index (χ1n) is 12.2. The first-order valence-corrected chi connectivity index (χ1v) is 12.2. The Bertz CT molecular complexity index is 858. The second-order valence-electron chi connectivity index (χ2n) is 8.81. The van der Waals surface area contributed by atoms with Crippen molar-refractivity contribution in [2.45, 2.75) is 85.9 Å². The quantitative estimate of drug-likeness (QED) is 0.419. The van der Waals surface area contributed by atoms with E-state index in [0.717, 1.165) is 37.9 Å². The summed E-state index contributed by atoms with van der Waals surface area (Å²) in [7, 11) is 0. The van der Waals surface area contributed by atoms with Gasteiger partial charge in [0.15, 0.2) is 0 Å². The van der Waals surface area contributed by atoms with Crippen molar-refractivity contribution in [1.29, 1.82) is 0 Å². The number of hydrogen-bond donors (Lipinski definition) is 0. The molecule has 0 aliphatic rings. The Balaban J connectivity index is 2.17. The molecular weight excluding hydrogens is 398 g/mol. The third kappa shape index (κ3) is 7.54. The second kappa shape index (κ2) is 13.1. The lowest BCUT2D eigenvalue weighted by Gasteiger charge is -2.31. The summed E-state index contributed by atoms with van der Waals surface area (Å²) >= 11 is 0. The minimum Gasteiger partial charge on any atom is -0.345 e. The molecule has 0 radical (unpaired) electrons. The minimum atomic E-state index is 0.0338. The summed E-state index contributed by atoms with van der Waals surface area (Å²) in [5.74, 6) is 0.111. The Hall–Kier alpha value is -2.56. The predicted octanol–water partition coefficient (Wildman–Crippen LogP) is 5.40. The van der Waals surface area contributed by atoms with Crippen LogP contribution in [-0.2, 0) is 22.7 Å². The zero-order chi connectivity index (χ0) is 23.5. The van der Waals surface area contributed by atoms with Crippen LogP contribution in [0.1, 0.15) is 76.6 Å². The number of unbranched alkanes of at least 4 members (excludes halogenated alkanes) is 1. The molecule has 0 spiro atoms. The van der Waals surface area contributed by atoms with Gasteiger partial charge in [-0.1, -0.05) is 57.0 Å². The Labute approximate surface area is 194 Å². The van der Waals surface area contributed by atoms with Gasteiger partial charge in [0.05, 0.1) is 13.1 Å². The van der Waals surface area contributed by atoms with E-state index in [9.17, 15) is 9.59 Å². The summed E-state index contributed by atoms with van der Waals surface area (Å²) in [5, 5.41) is 0. The fourth-order valence-corrected chi connectivity index (χ4v) is 3.90. The van der Waals surface area contributed by atoms with E-state index >= 15 is 0 Å². The van der Waals surface area contributed by atoms with Crippen LogP contribution in [0.4, 0.5) is 0 Å². The van der Waals surface area contributed by atoms with Gasteiger partial charge in [-0.25, -0.2) is 0 Å². The van der Waals surface area contributed by atoms with E-state index < -0.39 is 0 Å². The summed E-state index contributed by atoms with van der Waals surface area (Å²) in [6.07, 6.45) is 6.19. The standard InChI is InChI=1S/C27H41N3O2/c1-6-9-16-29(27(32)21-30(23(5)8-3)26(31)12-7-2)20-25-15-11-17-28(25)19-24-14-10-13-22(4)18-24/h10-11,13-15,17-18,23H,6-9,12,16,19-21H2,1-5H3/t23-/m0/s1. The molecule has 2 rings (SSSR count). The molecule has 2 aromatic rings. The molecule has 0 saturated carbocycles. The zero-order valence-corrected chi connectivity index (χ0v) is 20.6. The highest BCUT2D eigenvalue weighted by molar-refractivity contribution is 5.85. The lowest BCUT2D eigenvalue weighted by Crippen LogP contribution is -2.46. The maximum absolute atomic E-state index is 13.4. The van der Waals surface area contributed by atoms with E-state index in [1.165, 1.54) is 11.1 Å². The summed E-state index contributed by atoms with van der Waals surface area (Å²) in [6, 6.07) is 12.7. The second-order valence-corrected chi connectivity index (χ2v) is 8.81. The molecule has 0 fully saturated rings. The first kappa shape index (κ1) is 25.7. The van der Waals surface area contributed by atoms with Gasteiger partial charge in [0.2, 0.25) is 11.8 Å². The van der Waals surface area contributed by atoms with Crippen molar-refractivity contribution in [2.75, 3.05) is 13.1 Å². The number of amides is 2. The van der Waals surface area contributed by atoms with Gasteiger partial charge >= 0.3 is 0 Å². The van der Waals surface area contributed by atoms with E-state index in [-0.39, 0.29) is 24.4 Å². The van der Waals surface area contributed by atoms with E-state index in [0.29, 0.717) is 19.5 Å². The molecule has 1 aromatic carbocycles. The third-order valence-electron chi connectivity index (χ3n) is 6.06. The molecule has 0 N–H and O–H groups in total. The largest absolute Gasteiger partial charge is 0.345 e. The van der Waals surface area contributed by atoms with Crippen LogP contribution in [0, 0.1) is 6.92 Å². The highest BCUT2D eigenvalue weighted by Crippen LogP contribution is 2.14. The topological polar surface area (TPSA) is 45.6 Å². The summed E-state index contributed by atoms with van der Waals surface area (Å²) in [5.41, 5.74) is 3.62. The van der Waals surface area contributed by atoms with Crippen LogP contribution in [0.3, 0.4) is 0 Å². The average molecular weight is 440 g/mol. The van der Waals surface area contributed by atoms with Gasteiger partial charge in [-0.15, -0.1) is 0 Å². The molecular formula is C27H41N3O2. The highest BCUT2D eigenvalue weighted by Gasteiger charge is 2.24. The molecule has 1 aromatic heterocycles. The molecule has 2 amide bonds. The van der Waals surface area contributed by atoms with Gasteiger partial charge in [0, 0.05) is 37.4 Å². The van der Waals surface area contributed by atoms with Crippen LogP contribution >= 0.6 is 0 Å². The van der Waals surface area contributed by atoms with Crippen LogP contribution in [0.15, 0.2) is 42.6 Å². The van der Waals surface area contributed by atoms with Gasteiger partial charge in [-0.05, 0) is 50.8 Å². The smallest absolute Gasteiger partial charge is 0.242 e. The van der Waals surface area contributed by atoms with Gasteiger partial charge in [-0.2, -0.15) is 0 Å². The molecule has 5 nitrogen and oxygen atoms in total. The van der Waals surface area contributed by atoms with E-state index in [4.69, 9.17) is 0 Å². The first-order chi connectivity index (χ1) is 15.4. The number of rotatable bonds is 13. The molecule has 176 valence electrons. The van der Waals surface area contributed by atoms with E-state index in [1.807, 2.05) is 24.8 Å². The van der Waals surface area contributed by atoms with Crippen molar-refractivity contribution < 1.29 is 9.59 Å². The Kier molecular flexibility index (Phi) is 10.5. The third-order valence-corrected chi connectivity index (χ3v) is 6.06. The van der Waals surface area contributed by atoms with Crippen LogP contribution in [0.2, 0.25) is 0 Å². The molecule has 0 aliphatic carbocycles. The lowest BCUT2D eigenvalue weighted by atomic mass is 10.1. The summed E-state index contributed by atoms with van der Waals surface area (Å²) in [4.78, 5) is 29.7. The van der Waals surface area contributed by atoms with Gasteiger partial charge in [-0.3, -0.25) is 9.59 Å². The Morgan fingerprint density at radius 3 is 2.47 bits per heavy atom. The summed E-state index contributed by atoms with van der Waals surface area (Å²) < 4.78 is 2.22. The molecule has 1 atom stereocenters. The molecule has 0 saturated heterocycles. The van der Waals surface area contributed by atoms with Crippen LogP contribution < -0.4 is 0 Å². The molecule has 0 aliphatic heterocycles. The number of carbonyl (C=O) groups is 2. The Morgan fingerprint density at radius 1 is 1.03 bits per heavy atom.